The highest BCUT2D eigenvalue weighted by Crippen LogP contribution is 2.17. The van der Waals surface area contributed by atoms with Crippen LogP contribution in [0.3, 0.4) is 0 Å². The molecule has 2 atom stereocenters. The summed E-state index contributed by atoms with van der Waals surface area (Å²) in [7, 11) is 0. The zero-order valence-corrected chi connectivity index (χ0v) is 34.0. The number of hydrogen-bond donors (Lipinski definition) is 6. The van der Waals surface area contributed by atoms with Crippen LogP contribution in [0.15, 0.2) is 130 Å². The number of carbonyl (C=O) groups excluding carboxylic acids is 4. The van der Waals surface area contributed by atoms with Gasteiger partial charge in [-0.3, -0.25) is 19.2 Å². The van der Waals surface area contributed by atoms with Gasteiger partial charge in [0.2, 0.25) is 23.7 Å². The molecule has 1 heterocycles. The standard InChI is InChI=1S/C44H52N12O4/c1-28(2)25-36(49-40(58)35-16-10-15-34(27-35)29(3)51-53-43(45)46)41(59)55-21-23-56(24-22-55)42(60)37(26-30-11-6-4-7-12-30)50-39(57)33-19-17-32(18-20-33)38(52-54-44(47)48)31-13-8-5-9-14-31/h4-20,27-28,36-37H,21-26H2,1-3H3,(H,49,58)(H,50,57)(H4,45,46,53)(H4,47,48,54)/t36-,37-/m0/s1. The number of nitrogens with zero attached hydrogens (tertiary/aromatic N) is 6. The van der Waals surface area contributed by atoms with Gasteiger partial charge in [0.1, 0.15) is 17.8 Å². The second-order valence-electron chi connectivity index (χ2n) is 14.7. The van der Waals surface area contributed by atoms with Gasteiger partial charge in [-0.05, 0) is 54.7 Å². The molecule has 60 heavy (non-hydrogen) atoms. The van der Waals surface area contributed by atoms with E-state index in [-0.39, 0.29) is 62.3 Å². The first-order valence-corrected chi connectivity index (χ1v) is 19.6. The first kappa shape index (κ1) is 43.8. The highest BCUT2D eigenvalue weighted by atomic mass is 16.2. The molecule has 312 valence electrons. The zero-order valence-electron chi connectivity index (χ0n) is 34.0. The summed E-state index contributed by atoms with van der Waals surface area (Å²) in [5.74, 6) is -1.62. The Morgan fingerprint density at radius 2 is 1.03 bits per heavy atom. The van der Waals surface area contributed by atoms with E-state index in [1.54, 1.807) is 65.3 Å². The van der Waals surface area contributed by atoms with Gasteiger partial charge in [0.15, 0.2) is 0 Å². The fourth-order valence-corrected chi connectivity index (χ4v) is 6.66. The smallest absolute Gasteiger partial charge is 0.251 e. The summed E-state index contributed by atoms with van der Waals surface area (Å²) in [5.41, 5.74) is 26.5. The number of nitrogens with one attached hydrogen (secondary N) is 2. The second kappa shape index (κ2) is 20.9. The average molecular weight is 813 g/mol. The highest BCUT2D eigenvalue weighted by molar-refractivity contribution is 6.13. The zero-order chi connectivity index (χ0) is 43.2. The van der Waals surface area contributed by atoms with Crippen molar-refractivity contribution in [3.8, 4) is 0 Å². The Balaban J connectivity index is 1.27. The molecular formula is C44H52N12O4. The largest absolute Gasteiger partial charge is 0.369 e. The summed E-state index contributed by atoms with van der Waals surface area (Å²) in [5, 5.41) is 21.6. The maximum atomic E-state index is 14.2. The molecule has 0 aliphatic carbocycles. The Kier molecular flexibility index (Phi) is 15.2. The van der Waals surface area contributed by atoms with E-state index < -0.39 is 23.9 Å². The van der Waals surface area contributed by atoms with Gasteiger partial charge in [-0.15, -0.1) is 15.3 Å². The molecule has 1 fully saturated rings. The Morgan fingerprint density at radius 1 is 0.567 bits per heavy atom. The molecule has 0 spiro atoms. The first-order chi connectivity index (χ1) is 28.8. The minimum atomic E-state index is -0.887. The van der Waals surface area contributed by atoms with Crippen molar-refractivity contribution in [3.05, 3.63) is 143 Å². The maximum Gasteiger partial charge on any atom is 0.251 e. The molecule has 4 aromatic rings. The number of benzene rings is 4. The molecule has 0 aromatic heterocycles. The first-order valence-electron chi connectivity index (χ1n) is 19.6. The Hall–Kier alpha value is -7.36. The van der Waals surface area contributed by atoms with E-state index in [1.165, 1.54) is 0 Å². The number of rotatable bonds is 15. The summed E-state index contributed by atoms with van der Waals surface area (Å²) < 4.78 is 0. The van der Waals surface area contributed by atoms with E-state index in [1.807, 2.05) is 74.5 Å². The number of piperazine rings is 1. The molecule has 0 bridgehead atoms. The van der Waals surface area contributed by atoms with Crippen molar-refractivity contribution in [1.29, 1.82) is 0 Å². The number of guanidine groups is 2. The molecular weight excluding hydrogens is 761 g/mol. The number of amides is 4. The summed E-state index contributed by atoms with van der Waals surface area (Å²) in [6.45, 7) is 6.68. The van der Waals surface area contributed by atoms with Crippen molar-refractivity contribution in [3.63, 3.8) is 0 Å². The molecule has 0 unspecified atom stereocenters. The van der Waals surface area contributed by atoms with Crippen LogP contribution in [0.2, 0.25) is 0 Å². The van der Waals surface area contributed by atoms with Crippen LogP contribution in [0, 0.1) is 5.92 Å². The fraction of sp³-hybridized carbons (Fsp3) is 0.273. The molecule has 0 saturated carbocycles. The van der Waals surface area contributed by atoms with E-state index in [2.05, 4.69) is 31.0 Å². The van der Waals surface area contributed by atoms with Crippen molar-refractivity contribution in [2.75, 3.05) is 26.2 Å². The van der Waals surface area contributed by atoms with E-state index in [0.717, 1.165) is 11.1 Å². The van der Waals surface area contributed by atoms with E-state index in [4.69, 9.17) is 22.9 Å². The summed E-state index contributed by atoms with van der Waals surface area (Å²) in [4.78, 5) is 58.7. The van der Waals surface area contributed by atoms with E-state index in [0.29, 0.717) is 40.1 Å². The summed E-state index contributed by atoms with van der Waals surface area (Å²) >= 11 is 0. The van der Waals surface area contributed by atoms with Gasteiger partial charge in [0.25, 0.3) is 11.8 Å². The predicted octanol–water partition coefficient (Wildman–Crippen LogP) is 2.57. The lowest BCUT2D eigenvalue weighted by molar-refractivity contribution is -0.141. The normalized spacial score (nSPS) is 14.1. The Bertz CT molecular complexity index is 2240. The van der Waals surface area contributed by atoms with Crippen LogP contribution in [0.4, 0.5) is 0 Å². The number of carbonyl (C=O) groups is 4. The summed E-state index contributed by atoms with van der Waals surface area (Å²) in [6, 6.07) is 30.7. The average Bonchev–Trinajstić information content (AvgIpc) is 3.25. The molecule has 5 rings (SSSR count). The quantitative estimate of drug-likeness (QED) is 0.0590. The molecule has 4 aromatic carbocycles. The van der Waals surface area contributed by atoms with Gasteiger partial charge in [0, 0.05) is 54.9 Å². The third kappa shape index (κ3) is 12.3. The van der Waals surface area contributed by atoms with Crippen LogP contribution < -0.4 is 33.6 Å². The van der Waals surface area contributed by atoms with Crippen LogP contribution in [0.25, 0.3) is 0 Å². The maximum absolute atomic E-state index is 14.2. The molecule has 1 saturated heterocycles. The van der Waals surface area contributed by atoms with Gasteiger partial charge < -0.3 is 43.4 Å². The van der Waals surface area contributed by atoms with Crippen molar-refractivity contribution in [2.45, 2.75) is 45.7 Å². The minimum absolute atomic E-state index is 0.102. The van der Waals surface area contributed by atoms with Crippen LogP contribution in [0.5, 0.6) is 0 Å². The molecule has 4 amide bonds. The third-order valence-electron chi connectivity index (χ3n) is 9.69. The van der Waals surface area contributed by atoms with Gasteiger partial charge in [-0.25, -0.2) is 0 Å². The molecule has 16 nitrogen and oxygen atoms in total. The molecule has 10 N–H and O–H groups in total. The third-order valence-corrected chi connectivity index (χ3v) is 9.69. The second-order valence-corrected chi connectivity index (χ2v) is 14.7. The van der Waals surface area contributed by atoms with Crippen molar-refractivity contribution >= 4 is 47.0 Å². The van der Waals surface area contributed by atoms with Crippen LogP contribution in [0.1, 0.15) is 70.2 Å². The SMILES string of the molecule is CC(=NN=C(N)N)c1cccc(C(=O)N[C@@H](CC(C)C)C(=O)N2CCN(C(=O)[C@H](Cc3ccccc3)NC(=O)c3ccc(C(=NN=C(N)N)c4ccccc4)cc3)CC2)c1. The minimum Gasteiger partial charge on any atom is -0.369 e. The lowest BCUT2D eigenvalue weighted by Crippen LogP contribution is -2.59. The number of nitrogens with two attached hydrogens (primary N) is 4. The lowest BCUT2D eigenvalue weighted by atomic mass is 10.00. The Morgan fingerprint density at radius 3 is 1.62 bits per heavy atom. The van der Waals surface area contributed by atoms with E-state index in [9.17, 15) is 19.2 Å². The molecule has 0 radical (unpaired) electrons. The van der Waals surface area contributed by atoms with Crippen LogP contribution in [-0.4, -0.2) is 95.0 Å². The topological polar surface area (TPSA) is 252 Å². The predicted molar refractivity (Wildman–Crippen MR) is 234 cm³/mol. The van der Waals surface area contributed by atoms with Crippen LogP contribution in [-0.2, 0) is 16.0 Å². The van der Waals surface area contributed by atoms with Gasteiger partial charge in [-0.1, -0.05) is 98.8 Å². The van der Waals surface area contributed by atoms with E-state index >= 15 is 0 Å². The van der Waals surface area contributed by atoms with Crippen molar-refractivity contribution < 1.29 is 19.2 Å². The fourth-order valence-electron chi connectivity index (χ4n) is 6.66. The van der Waals surface area contributed by atoms with Gasteiger partial charge >= 0.3 is 0 Å². The van der Waals surface area contributed by atoms with Gasteiger partial charge in [-0.2, -0.15) is 5.10 Å². The molecule has 1 aliphatic heterocycles. The molecule has 16 heteroatoms. The highest BCUT2D eigenvalue weighted by Gasteiger charge is 2.33. The van der Waals surface area contributed by atoms with Crippen LogP contribution >= 0.6 is 0 Å². The van der Waals surface area contributed by atoms with Crippen molar-refractivity contribution in [2.24, 2.45) is 49.3 Å². The monoisotopic (exact) mass is 812 g/mol. The Labute approximate surface area is 349 Å². The summed E-state index contributed by atoms with van der Waals surface area (Å²) in [6.07, 6.45) is 0.673. The van der Waals surface area contributed by atoms with Crippen molar-refractivity contribution in [1.82, 2.24) is 20.4 Å². The van der Waals surface area contributed by atoms with Gasteiger partial charge in [0.05, 0.1) is 5.71 Å². The lowest BCUT2D eigenvalue weighted by Gasteiger charge is -2.38. The molecule has 1 aliphatic rings. The number of hydrogen-bond acceptors (Lipinski definition) is 8.